The van der Waals surface area contributed by atoms with Gasteiger partial charge in [-0.15, -0.1) is 0 Å². The number of benzene rings is 2. The Kier molecular flexibility index (Phi) is 8.78. The minimum Gasteiger partial charge on any atom is -0.482 e. The van der Waals surface area contributed by atoms with Crippen LogP contribution in [-0.4, -0.2) is 49.6 Å². The van der Waals surface area contributed by atoms with Gasteiger partial charge in [0.2, 0.25) is 0 Å². The predicted molar refractivity (Wildman–Crippen MR) is 110 cm³/mol. The van der Waals surface area contributed by atoms with Crippen molar-refractivity contribution in [2.24, 2.45) is 0 Å². The van der Waals surface area contributed by atoms with Crippen LogP contribution in [0.15, 0.2) is 48.5 Å². The van der Waals surface area contributed by atoms with Gasteiger partial charge in [-0.3, -0.25) is 4.79 Å². The fourth-order valence-electron chi connectivity index (χ4n) is 2.48. The van der Waals surface area contributed by atoms with Crippen molar-refractivity contribution < 1.29 is 19.1 Å². The van der Waals surface area contributed by atoms with E-state index in [2.05, 4.69) is 24.1 Å². The summed E-state index contributed by atoms with van der Waals surface area (Å²) in [5, 5.41) is 3.15. The Morgan fingerprint density at radius 3 is 2.36 bits per heavy atom. The van der Waals surface area contributed by atoms with E-state index >= 15 is 0 Å². The summed E-state index contributed by atoms with van der Waals surface area (Å²) >= 11 is 5.98. The summed E-state index contributed by atoms with van der Waals surface area (Å²) in [5.41, 5.74) is 0.998. The number of halogens is 1. The lowest BCUT2D eigenvalue weighted by molar-refractivity contribution is -0.118. The molecule has 1 N–H and O–H groups in total. The third-order valence-electron chi connectivity index (χ3n) is 4.13. The van der Waals surface area contributed by atoms with Crippen LogP contribution < -0.4 is 10.1 Å². The number of hydrogen-bond acceptors (Lipinski definition) is 5. The van der Waals surface area contributed by atoms with Gasteiger partial charge in [-0.05, 0) is 49.5 Å². The summed E-state index contributed by atoms with van der Waals surface area (Å²) < 4.78 is 10.7. The zero-order valence-electron chi connectivity index (χ0n) is 16.1. The van der Waals surface area contributed by atoms with Crippen LogP contribution in [0.2, 0.25) is 5.02 Å². The van der Waals surface area contributed by atoms with Gasteiger partial charge < -0.3 is 19.7 Å². The zero-order valence-corrected chi connectivity index (χ0v) is 16.9. The van der Waals surface area contributed by atoms with E-state index in [9.17, 15) is 9.59 Å². The lowest BCUT2D eigenvalue weighted by atomic mass is 10.2. The van der Waals surface area contributed by atoms with Gasteiger partial charge in [-0.1, -0.05) is 37.6 Å². The van der Waals surface area contributed by atoms with Crippen molar-refractivity contribution in [3.63, 3.8) is 0 Å². The lowest BCUT2D eigenvalue weighted by Gasteiger charge is -2.17. The summed E-state index contributed by atoms with van der Waals surface area (Å²) in [4.78, 5) is 26.2. The second-order valence-corrected chi connectivity index (χ2v) is 6.41. The molecule has 0 aliphatic rings. The maximum absolute atomic E-state index is 12.1. The fraction of sp³-hybridized carbons (Fsp3) is 0.333. The molecule has 7 heteroatoms. The molecule has 2 aromatic carbocycles. The molecule has 0 aromatic heterocycles. The van der Waals surface area contributed by atoms with E-state index in [1.54, 1.807) is 48.5 Å². The van der Waals surface area contributed by atoms with Crippen molar-refractivity contribution in [2.75, 3.05) is 38.2 Å². The number of carbonyl (C=O) groups excluding carboxylic acids is 2. The molecule has 1 amide bonds. The van der Waals surface area contributed by atoms with E-state index in [0.717, 1.165) is 13.1 Å². The number of ether oxygens (including phenoxy) is 2. The molecule has 0 heterocycles. The lowest BCUT2D eigenvalue weighted by Crippen LogP contribution is -2.27. The molecule has 0 aliphatic carbocycles. The summed E-state index contributed by atoms with van der Waals surface area (Å²) in [6.07, 6.45) is 0. The highest BCUT2D eigenvalue weighted by molar-refractivity contribution is 6.32. The number of likely N-dealkylation sites (N-methyl/N-ethyl adjacent to an activating group) is 1. The third kappa shape index (κ3) is 6.87. The zero-order chi connectivity index (χ0) is 20.4. The number of hydrogen-bond donors (Lipinski definition) is 1. The van der Waals surface area contributed by atoms with E-state index in [-0.39, 0.29) is 18.5 Å². The van der Waals surface area contributed by atoms with Gasteiger partial charge in [-0.2, -0.15) is 0 Å². The van der Waals surface area contributed by atoms with Gasteiger partial charge in [0.05, 0.1) is 10.6 Å². The first-order valence-electron chi connectivity index (χ1n) is 9.20. The van der Waals surface area contributed by atoms with Crippen LogP contribution in [-0.2, 0) is 9.53 Å². The van der Waals surface area contributed by atoms with Gasteiger partial charge in [0.25, 0.3) is 5.91 Å². The molecular formula is C21H25ClN2O4. The van der Waals surface area contributed by atoms with Crippen LogP contribution in [0.3, 0.4) is 0 Å². The van der Waals surface area contributed by atoms with Crippen molar-refractivity contribution >= 4 is 29.2 Å². The van der Waals surface area contributed by atoms with Gasteiger partial charge in [0.1, 0.15) is 12.4 Å². The van der Waals surface area contributed by atoms with Crippen LogP contribution in [0.25, 0.3) is 0 Å². The summed E-state index contributed by atoms with van der Waals surface area (Å²) in [7, 11) is 0. The number of anilines is 1. The first kappa shape index (κ1) is 21.7. The molecule has 0 bridgehead atoms. The van der Waals surface area contributed by atoms with Crippen molar-refractivity contribution in [2.45, 2.75) is 13.8 Å². The summed E-state index contributed by atoms with van der Waals surface area (Å²) in [5.74, 6) is -0.260. The number of nitrogens with zero attached hydrogens (tertiary/aromatic N) is 1. The minimum atomic E-state index is -0.382. The largest absolute Gasteiger partial charge is 0.482 e. The standard InChI is InChI=1S/C21H25ClN2O4/c1-3-24(4-2)13-14-27-21(26)16-9-11-17(12-10-16)23-20(25)15-28-19-8-6-5-7-18(19)22/h5-12H,3-4,13-15H2,1-2H3,(H,23,25). The van der Waals surface area contributed by atoms with Crippen LogP contribution >= 0.6 is 11.6 Å². The fourth-order valence-corrected chi connectivity index (χ4v) is 2.67. The summed E-state index contributed by atoms with van der Waals surface area (Å²) in [6, 6.07) is 13.5. The molecular weight excluding hydrogens is 380 g/mol. The van der Waals surface area contributed by atoms with E-state index < -0.39 is 0 Å². The predicted octanol–water partition coefficient (Wildman–Crippen LogP) is 3.86. The monoisotopic (exact) mass is 404 g/mol. The first-order chi connectivity index (χ1) is 13.5. The Morgan fingerprint density at radius 1 is 1.04 bits per heavy atom. The molecule has 0 radical (unpaired) electrons. The Bertz CT molecular complexity index is 776. The smallest absolute Gasteiger partial charge is 0.338 e. The van der Waals surface area contributed by atoms with Gasteiger partial charge in [-0.25, -0.2) is 4.79 Å². The molecule has 28 heavy (non-hydrogen) atoms. The van der Waals surface area contributed by atoms with Gasteiger partial charge in [0, 0.05) is 12.2 Å². The molecule has 2 aromatic rings. The number of para-hydroxylation sites is 1. The number of esters is 1. The van der Waals surface area contributed by atoms with E-state index in [0.29, 0.717) is 35.2 Å². The SMILES string of the molecule is CCN(CC)CCOC(=O)c1ccc(NC(=O)COc2ccccc2Cl)cc1. The maximum Gasteiger partial charge on any atom is 0.338 e. The van der Waals surface area contributed by atoms with Crippen molar-refractivity contribution in [1.82, 2.24) is 4.90 Å². The average molecular weight is 405 g/mol. The van der Waals surface area contributed by atoms with Crippen LogP contribution in [0.4, 0.5) is 5.69 Å². The number of rotatable bonds is 10. The van der Waals surface area contributed by atoms with E-state index in [4.69, 9.17) is 21.1 Å². The topological polar surface area (TPSA) is 67.9 Å². The van der Waals surface area contributed by atoms with Crippen molar-refractivity contribution in [1.29, 1.82) is 0 Å². The first-order valence-corrected chi connectivity index (χ1v) is 9.58. The Labute approximate surface area is 170 Å². The molecule has 150 valence electrons. The molecule has 0 saturated carbocycles. The number of nitrogens with one attached hydrogen (secondary N) is 1. The van der Waals surface area contributed by atoms with E-state index in [1.807, 2.05) is 0 Å². The van der Waals surface area contributed by atoms with Crippen molar-refractivity contribution in [3.05, 3.63) is 59.1 Å². The quantitative estimate of drug-likeness (QED) is 0.609. The molecule has 0 unspecified atom stereocenters. The number of carbonyl (C=O) groups is 2. The molecule has 2 rings (SSSR count). The molecule has 0 aliphatic heterocycles. The Balaban J connectivity index is 1.79. The van der Waals surface area contributed by atoms with Crippen LogP contribution in [0, 0.1) is 0 Å². The minimum absolute atomic E-state index is 0.168. The van der Waals surface area contributed by atoms with Crippen LogP contribution in [0.5, 0.6) is 5.75 Å². The van der Waals surface area contributed by atoms with Gasteiger partial charge >= 0.3 is 5.97 Å². The second-order valence-electron chi connectivity index (χ2n) is 6.01. The molecule has 0 spiro atoms. The average Bonchev–Trinajstić information content (AvgIpc) is 2.71. The molecule has 0 saturated heterocycles. The second kappa shape index (κ2) is 11.3. The molecule has 0 atom stereocenters. The molecule has 0 fully saturated rings. The highest BCUT2D eigenvalue weighted by Crippen LogP contribution is 2.23. The van der Waals surface area contributed by atoms with Crippen molar-refractivity contribution in [3.8, 4) is 5.75 Å². The highest BCUT2D eigenvalue weighted by atomic mass is 35.5. The van der Waals surface area contributed by atoms with E-state index in [1.165, 1.54) is 0 Å². The third-order valence-corrected chi connectivity index (χ3v) is 4.45. The van der Waals surface area contributed by atoms with Crippen LogP contribution in [0.1, 0.15) is 24.2 Å². The summed E-state index contributed by atoms with van der Waals surface area (Å²) in [6.45, 7) is 6.86. The Hall–Kier alpha value is -2.57. The molecule has 6 nitrogen and oxygen atoms in total. The normalized spacial score (nSPS) is 10.6. The Morgan fingerprint density at radius 2 is 1.71 bits per heavy atom. The number of amides is 1. The van der Waals surface area contributed by atoms with Gasteiger partial charge in [0.15, 0.2) is 6.61 Å². The highest BCUT2D eigenvalue weighted by Gasteiger charge is 2.10. The maximum atomic E-state index is 12.1.